The second kappa shape index (κ2) is 4.64. The summed E-state index contributed by atoms with van der Waals surface area (Å²) in [4.78, 5) is 21.7. The van der Waals surface area contributed by atoms with Gasteiger partial charge in [0.2, 0.25) is 21.6 Å². The molecule has 3 aliphatic rings. The summed E-state index contributed by atoms with van der Waals surface area (Å²) in [5.41, 5.74) is 0. The molecule has 0 aromatic carbocycles. The van der Waals surface area contributed by atoms with Crippen LogP contribution in [-0.4, -0.2) is 43.6 Å². The minimum atomic E-state index is -3.16. The summed E-state index contributed by atoms with van der Waals surface area (Å²) < 4.78 is 24.3. The summed E-state index contributed by atoms with van der Waals surface area (Å²) in [6, 6.07) is 0. The van der Waals surface area contributed by atoms with Gasteiger partial charge in [0.1, 0.15) is 0 Å². The molecule has 8 heteroatoms. The van der Waals surface area contributed by atoms with Gasteiger partial charge in [-0.1, -0.05) is 0 Å². The Hall–Kier alpha value is -0.250. The van der Waals surface area contributed by atoms with E-state index in [4.69, 9.17) is 19.6 Å². The van der Waals surface area contributed by atoms with Crippen LogP contribution in [0.3, 0.4) is 0 Å². The quantitative estimate of drug-likeness (QED) is 0.669. The minimum Gasteiger partial charge on any atom is -0.213 e. The van der Waals surface area contributed by atoms with Crippen LogP contribution in [0.4, 0.5) is 0 Å². The molecule has 0 N–H and O–H groups in total. The SMILES string of the molecule is CS(=O)(=O)N1CCC2(CC1)OOC1(CCCC1)OO2. The van der Waals surface area contributed by atoms with Crippen LogP contribution in [0.2, 0.25) is 0 Å². The number of hydrogen-bond acceptors (Lipinski definition) is 6. The summed E-state index contributed by atoms with van der Waals surface area (Å²) in [6.07, 6.45) is 5.58. The maximum absolute atomic E-state index is 11.4. The van der Waals surface area contributed by atoms with Crippen LogP contribution < -0.4 is 0 Å². The third-order valence-electron chi connectivity index (χ3n) is 4.01. The van der Waals surface area contributed by atoms with E-state index in [1.54, 1.807) is 0 Å². The number of sulfonamides is 1. The first-order valence-corrected chi connectivity index (χ1v) is 8.47. The van der Waals surface area contributed by atoms with E-state index in [1.165, 1.54) is 10.6 Å². The summed E-state index contributed by atoms with van der Waals surface area (Å²) in [5.74, 6) is -1.71. The van der Waals surface area contributed by atoms with Crippen LogP contribution >= 0.6 is 0 Å². The molecule has 2 aliphatic heterocycles. The van der Waals surface area contributed by atoms with Gasteiger partial charge in [-0.05, 0) is 12.8 Å². The van der Waals surface area contributed by atoms with Crippen molar-refractivity contribution in [3.8, 4) is 0 Å². The maximum Gasteiger partial charge on any atom is 0.236 e. The summed E-state index contributed by atoms with van der Waals surface area (Å²) >= 11 is 0. The highest BCUT2D eigenvalue weighted by molar-refractivity contribution is 7.88. The lowest BCUT2D eigenvalue weighted by molar-refractivity contribution is -0.658. The van der Waals surface area contributed by atoms with Crippen molar-refractivity contribution in [2.75, 3.05) is 19.3 Å². The van der Waals surface area contributed by atoms with Crippen LogP contribution in [0.1, 0.15) is 38.5 Å². The van der Waals surface area contributed by atoms with Gasteiger partial charge in [0.15, 0.2) is 0 Å². The van der Waals surface area contributed by atoms with Crippen molar-refractivity contribution < 1.29 is 28.0 Å². The molecule has 3 fully saturated rings. The lowest BCUT2D eigenvalue weighted by atomic mass is 10.1. The first-order chi connectivity index (χ1) is 8.93. The fourth-order valence-corrected chi connectivity index (χ4v) is 3.58. The van der Waals surface area contributed by atoms with Gasteiger partial charge in [-0.15, -0.1) is 0 Å². The standard InChI is InChI=1S/C11H19NO6S/c1-19(13,14)12-8-6-11(7-9-12)17-15-10(16-18-11)4-2-3-5-10/h2-9H2,1H3. The Balaban J connectivity index is 1.59. The van der Waals surface area contributed by atoms with Crippen LogP contribution in [0, 0.1) is 0 Å². The molecule has 0 aromatic heterocycles. The Kier molecular flexibility index (Phi) is 3.35. The van der Waals surface area contributed by atoms with Crippen molar-refractivity contribution in [1.82, 2.24) is 4.31 Å². The third kappa shape index (κ3) is 2.65. The molecule has 19 heavy (non-hydrogen) atoms. The van der Waals surface area contributed by atoms with Crippen molar-refractivity contribution in [2.24, 2.45) is 0 Å². The van der Waals surface area contributed by atoms with Gasteiger partial charge in [-0.2, -0.15) is 19.6 Å². The number of piperidine rings is 1. The van der Waals surface area contributed by atoms with E-state index in [-0.39, 0.29) is 0 Å². The Morgan fingerprint density at radius 2 is 1.26 bits per heavy atom. The van der Waals surface area contributed by atoms with Crippen molar-refractivity contribution in [1.29, 1.82) is 0 Å². The van der Waals surface area contributed by atoms with E-state index in [2.05, 4.69) is 0 Å². The second-order valence-corrected chi connectivity index (χ2v) is 7.51. The van der Waals surface area contributed by atoms with Crippen LogP contribution in [0.25, 0.3) is 0 Å². The Labute approximate surface area is 112 Å². The van der Waals surface area contributed by atoms with Crippen molar-refractivity contribution in [3.05, 3.63) is 0 Å². The van der Waals surface area contributed by atoms with Crippen LogP contribution in [0.15, 0.2) is 0 Å². The molecule has 0 atom stereocenters. The molecule has 110 valence electrons. The molecule has 0 aromatic rings. The van der Waals surface area contributed by atoms with E-state index in [9.17, 15) is 8.42 Å². The molecule has 7 nitrogen and oxygen atoms in total. The molecule has 0 amide bonds. The molecule has 0 bridgehead atoms. The van der Waals surface area contributed by atoms with Crippen molar-refractivity contribution in [3.63, 3.8) is 0 Å². The molecule has 0 unspecified atom stereocenters. The fourth-order valence-electron chi connectivity index (χ4n) is 2.74. The van der Waals surface area contributed by atoms with E-state index in [1.807, 2.05) is 0 Å². The summed E-state index contributed by atoms with van der Waals surface area (Å²) in [7, 11) is -3.16. The van der Waals surface area contributed by atoms with Crippen LogP contribution in [-0.2, 0) is 29.6 Å². The molecule has 2 heterocycles. The summed E-state index contributed by atoms with van der Waals surface area (Å²) in [5, 5.41) is 0. The lowest BCUT2D eigenvalue weighted by Gasteiger charge is -2.44. The highest BCUT2D eigenvalue weighted by Crippen LogP contribution is 2.43. The van der Waals surface area contributed by atoms with Crippen LogP contribution in [0.5, 0.6) is 0 Å². The highest BCUT2D eigenvalue weighted by atomic mass is 32.2. The Morgan fingerprint density at radius 1 is 0.842 bits per heavy atom. The summed E-state index contributed by atoms with van der Waals surface area (Å²) in [6.45, 7) is 0.692. The molecule has 2 spiro atoms. The van der Waals surface area contributed by atoms with E-state index in [0.29, 0.717) is 25.9 Å². The Morgan fingerprint density at radius 3 is 1.68 bits per heavy atom. The zero-order valence-electron chi connectivity index (χ0n) is 11.0. The smallest absolute Gasteiger partial charge is 0.213 e. The average molecular weight is 293 g/mol. The minimum absolute atomic E-state index is 0.346. The molecule has 2 saturated heterocycles. The first kappa shape index (κ1) is 13.7. The first-order valence-electron chi connectivity index (χ1n) is 6.62. The average Bonchev–Trinajstić information content (AvgIpc) is 2.82. The van der Waals surface area contributed by atoms with E-state index >= 15 is 0 Å². The molecule has 1 aliphatic carbocycles. The van der Waals surface area contributed by atoms with E-state index in [0.717, 1.165) is 25.7 Å². The van der Waals surface area contributed by atoms with Crippen molar-refractivity contribution >= 4 is 10.0 Å². The highest BCUT2D eigenvalue weighted by Gasteiger charge is 2.51. The molecule has 3 rings (SSSR count). The predicted octanol–water partition coefficient (Wildman–Crippen LogP) is 0.918. The zero-order chi connectivity index (χ0) is 13.6. The van der Waals surface area contributed by atoms with Gasteiger partial charge in [-0.3, -0.25) is 0 Å². The second-order valence-electron chi connectivity index (χ2n) is 5.52. The Bertz CT molecular complexity index is 424. The van der Waals surface area contributed by atoms with E-state index < -0.39 is 21.6 Å². The molecule has 0 radical (unpaired) electrons. The largest absolute Gasteiger partial charge is 0.236 e. The molecule has 1 saturated carbocycles. The lowest BCUT2D eigenvalue weighted by Crippen LogP contribution is -2.55. The monoisotopic (exact) mass is 293 g/mol. The van der Waals surface area contributed by atoms with Crippen molar-refractivity contribution in [2.45, 2.75) is 50.1 Å². The maximum atomic E-state index is 11.4. The zero-order valence-corrected chi connectivity index (χ0v) is 11.8. The number of rotatable bonds is 1. The van der Waals surface area contributed by atoms with Gasteiger partial charge in [0.05, 0.1) is 6.26 Å². The number of hydrogen-bond donors (Lipinski definition) is 0. The fraction of sp³-hybridized carbons (Fsp3) is 1.00. The van der Waals surface area contributed by atoms with Gasteiger partial charge >= 0.3 is 0 Å². The predicted molar refractivity (Wildman–Crippen MR) is 63.9 cm³/mol. The number of nitrogens with zero attached hydrogens (tertiary/aromatic N) is 1. The van der Waals surface area contributed by atoms with Gasteiger partial charge < -0.3 is 0 Å². The molecular formula is C11H19NO6S. The van der Waals surface area contributed by atoms with Gasteiger partial charge in [0.25, 0.3) is 0 Å². The van der Waals surface area contributed by atoms with Gasteiger partial charge in [-0.25, -0.2) is 12.7 Å². The van der Waals surface area contributed by atoms with Gasteiger partial charge in [0, 0.05) is 38.8 Å². The topological polar surface area (TPSA) is 74.3 Å². The third-order valence-corrected chi connectivity index (χ3v) is 5.31. The molecular weight excluding hydrogens is 274 g/mol. The normalized spacial score (nSPS) is 31.0.